The van der Waals surface area contributed by atoms with Crippen LogP contribution in [0.1, 0.15) is 0 Å². The van der Waals surface area contributed by atoms with Crippen molar-refractivity contribution in [3.05, 3.63) is 35.4 Å². The van der Waals surface area contributed by atoms with Crippen LogP contribution in [0.4, 0.5) is 0 Å². The predicted molar refractivity (Wildman–Crippen MR) is 61.0 cm³/mol. The molecule has 0 N–H and O–H groups in total. The lowest BCUT2D eigenvalue weighted by Gasteiger charge is -2.03. The summed E-state index contributed by atoms with van der Waals surface area (Å²) in [6.45, 7) is 6.63. The molecule has 16 heavy (non-hydrogen) atoms. The summed E-state index contributed by atoms with van der Waals surface area (Å²) in [6.07, 6.45) is 2.71. The molecule has 0 amide bonds. The normalized spacial score (nSPS) is 11.1. The summed E-state index contributed by atoms with van der Waals surface area (Å²) in [6, 6.07) is 0. The van der Waals surface area contributed by atoms with Gasteiger partial charge in [-0.2, -0.15) is 0 Å². The quantitative estimate of drug-likeness (QED) is 0.419. The average Bonchev–Trinajstić information content (AvgIpc) is 2.30. The van der Waals surface area contributed by atoms with Crippen LogP contribution in [-0.4, -0.2) is 25.2 Å². The fourth-order valence-corrected chi connectivity index (χ4v) is 0.839. The standard InChI is InChI=1S/C10H10Cl2O4/c1-3-5-15-9(13)7(11)8(12)10(14)16-6-4-2/h3-4H,1-2,5-6H2. The molecule has 0 heterocycles. The van der Waals surface area contributed by atoms with E-state index < -0.39 is 22.0 Å². The molecular formula is C10H10Cl2O4. The minimum Gasteiger partial charge on any atom is -0.457 e. The van der Waals surface area contributed by atoms with Crippen LogP contribution in [0.5, 0.6) is 0 Å². The zero-order valence-corrected chi connectivity index (χ0v) is 9.88. The van der Waals surface area contributed by atoms with E-state index >= 15 is 0 Å². The maximum atomic E-state index is 11.1. The van der Waals surface area contributed by atoms with E-state index in [1.807, 2.05) is 0 Å². The molecule has 0 aliphatic heterocycles. The van der Waals surface area contributed by atoms with E-state index in [2.05, 4.69) is 22.6 Å². The van der Waals surface area contributed by atoms with Crippen LogP contribution in [0.2, 0.25) is 0 Å². The molecule has 0 atom stereocenters. The van der Waals surface area contributed by atoms with Crippen LogP contribution in [0.15, 0.2) is 35.4 Å². The Morgan fingerprint density at radius 1 is 0.938 bits per heavy atom. The highest BCUT2D eigenvalue weighted by atomic mass is 35.5. The third-order valence-electron chi connectivity index (χ3n) is 1.22. The molecule has 4 nitrogen and oxygen atoms in total. The van der Waals surface area contributed by atoms with Crippen LogP contribution >= 0.6 is 23.2 Å². The van der Waals surface area contributed by atoms with Gasteiger partial charge in [0.1, 0.15) is 13.2 Å². The molecule has 0 spiro atoms. The van der Waals surface area contributed by atoms with E-state index in [-0.39, 0.29) is 13.2 Å². The first-order valence-corrected chi connectivity index (χ1v) is 4.91. The van der Waals surface area contributed by atoms with E-state index in [1.165, 1.54) is 12.2 Å². The molecule has 0 aromatic rings. The second kappa shape index (κ2) is 7.96. The van der Waals surface area contributed by atoms with Gasteiger partial charge in [0.05, 0.1) is 0 Å². The highest BCUT2D eigenvalue weighted by Crippen LogP contribution is 2.17. The highest BCUT2D eigenvalue weighted by molar-refractivity contribution is 6.53. The van der Waals surface area contributed by atoms with Gasteiger partial charge in [0, 0.05) is 0 Å². The van der Waals surface area contributed by atoms with Crippen LogP contribution in [0, 0.1) is 0 Å². The van der Waals surface area contributed by atoms with Crippen LogP contribution < -0.4 is 0 Å². The minimum absolute atomic E-state index is 0.0269. The number of esters is 2. The minimum atomic E-state index is -0.915. The Labute approximate surface area is 103 Å². The highest BCUT2D eigenvalue weighted by Gasteiger charge is 2.19. The second-order valence-corrected chi connectivity index (χ2v) is 3.16. The number of hydrogen-bond donors (Lipinski definition) is 0. The molecule has 0 unspecified atom stereocenters. The number of carbonyl (C=O) groups is 2. The van der Waals surface area contributed by atoms with Crippen molar-refractivity contribution >= 4 is 35.1 Å². The zero-order valence-electron chi connectivity index (χ0n) is 8.37. The molecule has 0 rings (SSSR count). The van der Waals surface area contributed by atoms with E-state index in [4.69, 9.17) is 23.2 Å². The molecule has 88 valence electrons. The van der Waals surface area contributed by atoms with Crippen molar-refractivity contribution in [2.45, 2.75) is 0 Å². The Morgan fingerprint density at radius 3 is 1.50 bits per heavy atom. The molecule has 0 saturated carbocycles. The summed E-state index contributed by atoms with van der Waals surface area (Å²) in [7, 11) is 0. The first-order valence-electron chi connectivity index (χ1n) is 4.15. The van der Waals surface area contributed by atoms with E-state index in [1.54, 1.807) is 0 Å². The molecule has 6 heteroatoms. The van der Waals surface area contributed by atoms with Gasteiger partial charge in [-0.05, 0) is 0 Å². The fourth-order valence-electron chi connectivity index (χ4n) is 0.575. The van der Waals surface area contributed by atoms with Gasteiger partial charge in [-0.3, -0.25) is 0 Å². The van der Waals surface area contributed by atoms with Gasteiger partial charge < -0.3 is 9.47 Å². The van der Waals surface area contributed by atoms with Gasteiger partial charge in [0.25, 0.3) is 0 Å². The summed E-state index contributed by atoms with van der Waals surface area (Å²) in [5, 5.41) is -1.06. The SMILES string of the molecule is C=CCOC(=O)C(Cl)=C(Cl)C(=O)OCC=C. The Balaban J connectivity index is 4.54. The molecule has 0 aromatic carbocycles. The number of halogens is 2. The Hall–Kier alpha value is -1.26. The number of ether oxygens (including phenoxy) is 2. The number of rotatable bonds is 6. The van der Waals surface area contributed by atoms with Gasteiger partial charge >= 0.3 is 11.9 Å². The lowest BCUT2D eigenvalue weighted by Crippen LogP contribution is -2.11. The molecule has 0 saturated heterocycles. The van der Waals surface area contributed by atoms with Crippen LogP contribution in [-0.2, 0) is 19.1 Å². The summed E-state index contributed by atoms with van der Waals surface area (Å²) >= 11 is 11.0. The van der Waals surface area contributed by atoms with Crippen LogP contribution in [0.25, 0.3) is 0 Å². The van der Waals surface area contributed by atoms with Crippen molar-refractivity contribution in [1.29, 1.82) is 0 Å². The fraction of sp³-hybridized carbons (Fsp3) is 0.200. The summed E-state index contributed by atoms with van der Waals surface area (Å²) in [5.74, 6) is -1.83. The van der Waals surface area contributed by atoms with Crippen molar-refractivity contribution in [3.8, 4) is 0 Å². The Morgan fingerprint density at radius 2 is 1.25 bits per heavy atom. The predicted octanol–water partition coefficient (Wildman–Crippen LogP) is 2.13. The largest absolute Gasteiger partial charge is 0.457 e. The lowest BCUT2D eigenvalue weighted by atomic mass is 10.5. The van der Waals surface area contributed by atoms with Crippen molar-refractivity contribution in [2.24, 2.45) is 0 Å². The first-order chi connectivity index (χ1) is 7.54. The van der Waals surface area contributed by atoms with E-state index in [0.29, 0.717) is 0 Å². The average molecular weight is 265 g/mol. The smallest absolute Gasteiger partial charge is 0.351 e. The monoisotopic (exact) mass is 264 g/mol. The Kier molecular flexibility index (Phi) is 7.33. The maximum absolute atomic E-state index is 11.1. The first kappa shape index (κ1) is 14.7. The molecule has 0 bridgehead atoms. The molecule has 0 fully saturated rings. The van der Waals surface area contributed by atoms with Crippen molar-refractivity contribution < 1.29 is 19.1 Å². The number of carbonyl (C=O) groups excluding carboxylic acids is 2. The molecule has 0 radical (unpaired) electrons. The molecule has 0 aliphatic rings. The van der Waals surface area contributed by atoms with Crippen molar-refractivity contribution in [1.82, 2.24) is 0 Å². The van der Waals surface area contributed by atoms with Gasteiger partial charge in [-0.15, -0.1) is 0 Å². The molecule has 0 aliphatic carbocycles. The van der Waals surface area contributed by atoms with E-state index in [0.717, 1.165) is 0 Å². The van der Waals surface area contributed by atoms with Crippen LogP contribution in [0.3, 0.4) is 0 Å². The van der Waals surface area contributed by atoms with Crippen molar-refractivity contribution in [2.75, 3.05) is 13.2 Å². The second-order valence-electron chi connectivity index (χ2n) is 2.40. The van der Waals surface area contributed by atoms with Crippen molar-refractivity contribution in [3.63, 3.8) is 0 Å². The molecular weight excluding hydrogens is 255 g/mol. The maximum Gasteiger partial charge on any atom is 0.351 e. The summed E-state index contributed by atoms with van der Waals surface area (Å²) < 4.78 is 9.14. The van der Waals surface area contributed by atoms with Gasteiger partial charge in [0.15, 0.2) is 10.1 Å². The Bertz CT molecular complexity index is 302. The molecule has 0 aromatic heterocycles. The van der Waals surface area contributed by atoms with Gasteiger partial charge in [-0.25, -0.2) is 9.59 Å². The summed E-state index contributed by atoms with van der Waals surface area (Å²) in [4.78, 5) is 22.3. The zero-order chi connectivity index (χ0) is 12.6. The third kappa shape index (κ3) is 5.00. The van der Waals surface area contributed by atoms with Gasteiger partial charge in [-0.1, -0.05) is 48.5 Å². The summed E-state index contributed by atoms with van der Waals surface area (Å²) in [5.41, 5.74) is 0. The lowest BCUT2D eigenvalue weighted by molar-refractivity contribution is -0.140. The van der Waals surface area contributed by atoms with E-state index in [9.17, 15) is 9.59 Å². The van der Waals surface area contributed by atoms with Gasteiger partial charge in [0.2, 0.25) is 0 Å². The number of hydrogen-bond acceptors (Lipinski definition) is 4. The topological polar surface area (TPSA) is 52.6 Å². The third-order valence-corrected chi connectivity index (χ3v) is 2.00.